The number of carbonyl (C=O) groups is 1. The highest BCUT2D eigenvalue weighted by Crippen LogP contribution is 2.19. The van der Waals surface area contributed by atoms with Crippen LogP contribution in [0.5, 0.6) is 0 Å². The molecule has 6 heteroatoms. The van der Waals surface area contributed by atoms with E-state index in [4.69, 9.17) is 0 Å². The van der Waals surface area contributed by atoms with E-state index in [1.54, 1.807) is 24.5 Å². The third-order valence-corrected chi connectivity index (χ3v) is 2.70. The molecule has 1 amide bonds. The minimum Gasteiger partial charge on any atom is -0.323 e. The molecule has 2 rings (SSSR count). The first kappa shape index (κ1) is 14.0. The number of aromatic nitrogens is 1. The lowest BCUT2D eigenvalue weighted by Crippen LogP contribution is -2.14. The van der Waals surface area contributed by atoms with Crippen molar-refractivity contribution >= 4 is 11.6 Å². The van der Waals surface area contributed by atoms with Gasteiger partial charge in [-0.2, -0.15) is 0 Å². The van der Waals surface area contributed by atoms with Crippen molar-refractivity contribution in [3.05, 3.63) is 59.7 Å². The van der Waals surface area contributed by atoms with E-state index >= 15 is 0 Å². The molecule has 104 valence electrons. The van der Waals surface area contributed by atoms with Crippen molar-refractivity contribution in [2.75, 3.05) is 5.32 Å². The molecule has 20 heavy (non-hydrogen) atoms. The summed E-state index contributed by atoms with van der Waals surface area (Å²) in [5, 5.41) is 2.21. The number of nitrogens with one attached hydrogen (secondary N) is 1. The number of benzene rings is 1. The summed E-state index contributed by atoms with van der Waals surface area (Å²) in [4.78, 5) is 15.5. The van der Waals surface area contributed by atoms with Crippen molar-refractivity contribution in [1.82, 2.24) is 4.98 Å². The molecular formula is C14H11F3N2O. The Hall–Kier alpha value is -2.37. The van der Waals surface area contributed by atoms with Gasteiger partial charge in [0.25, 0.3) is 0 Å². The van der Waals surface area contributed by atoms with E-state index in [2.05, 4.69) is 10.3 Å². The molecule has 1 aromatic heterocycles. The summed E-state index contributed by atoms with van der Waals surface area (Å²) in [5.74, 6) is -4.77. The van der Waals surface area contributed by atoms with Gasteiger partial charge in [-0.1, -0.05) is 0 Å². The molecule has 1 aromatic carbocycles. The van der Waals surface area contributed by atoms with Gasteiger partial charge in [0.05, 0.1) is 5.69 Å². The van der Waals surface area contributed by atoms with Crippen LogP contribution in [0.4, 0.5) is 18.9 Å². The third-order valence-electron chi connectivity index (χ3n) is 2.70. The molecule has 3 nitrogen and oxygen atoms in total. The molecular weight excluding hydrogens is 269 g/mol. The van der Waals surface area contributed by atoms with E-state index in [0.29, 0.717) is 6.42 Å². The van der Waals surface area contributed by atoms with Crippen molar-refractivity contribution in [2.45, 2.75) is 12.8 Å². The van der Waals surface area contributed by atoms with Gasteiger partial charge in [0.15, 0.2) is 17.5 Å². The van der Waals surface area contributed by atoms with Crippen molar-refractivity contribution in [2.24, 2.45) is 0 Å². The topological polar surface area (TPSA) is 42.0 Å². The minimum atomic E-state index is -1.60. The van der Waals surface area contributed by atoms with Gasteiger partial charge in [0, 0.05) is 18.8 Å². The van der Waals surface area contributed by atoms with Crippen LogP contribution in [0, 0.1) is 17.5 Å². The van der Waals surface area contributed by atoms with Crippen LogP contribution >= 0.6 is 0 Å². The van der Waals surface area contributed by atoms with Gasteiger partial charge < -0.3 is 5.32 Å². The van der Waals surface area contributed by atoms with E-state index in [1.807, 2.05) is 0 Å². The second kappa shape index (κ2) is 6.18. The number of carbonyl (C=O) groups excluding carboxylic acids is 1. The summed E-state index contributed by atoms with van der Waals surface area (Å²) in [6.45, 7) is 0. The molecule has 0 unspecified atom stereocenters. The van der Waals surface area contributed by atoms with Gasteiger partial charge in [-0.05, 0) is 36.2 Å². The Morgan fingerprint density at radius 3 is 2.45 bits per heavy atom. The first-order chi connectivity index (χ1) is 9.58. The van der Waals surface area contributed by atoms with Crippen molar-refractivity contribution in [3.63, 3.8) is 0 Å². The molecule has 0 bridgehead atoms. The van der Waals surface area contributed by atoms with E-state index < -0.39 is 23.4 Å². The fourth-order valence-corrected chi connectivity index (χ4v) is 1.64. The standard InChI is InChI=1S/C14H11F3N2O/c15-10-2-3-11(14(17)13(10)16)19-12(20)4-1-9-5-7-18-8-6-9/h2-3,5-8H,1,4H2,(H,19,20). The summed E-state index contributed by atoms with van der Waals surface area (Å²) in [5.41, 5.74) is 0.532. The maximum Gasteiger partial charge on any atom is 0.224 e. The van der Waals surface area contributed by atoms with Gasteiger partial charge >= 0.3 is 0 Å². The Morgan fingerprint density at radius 2 is 1.75 bits per heavy atom. The van der Waals surface area contributed by atoms with Crippen molar-refractivity contribution < 1.29 is 18.0 Å². The third kappa shape index (κ3) is 3.34. The quantitative estimate of drug-likeness (QED) is 0.874. The first-order valence-electron chi connectivity index (χ1n) is 5.90. The number of hydrogen-bond donors (Lipinski definition) is 1. The Morgan fingerprint density at radius 1 is 1.05 bits per heavy atom. The minimum absolute atomic E-state index is 0.0997. The number of halogens is 3. The number of aryl methyl sites for hydroxylation is 1. The second-order valence-corrected chi connectivity index (χ2v) is 4.13. The molecule has 1 N–H and O–H groups in total. The van der Waals surface area contributed by atoms with E-state index in [0.717, 1.165) is 17.7 Å². The molecule has 0 saturated carbocycles. The highest BCUT2D eigenvalue weighted by Gasteiger charge is 2.15. The molecule has 2 aromatic rings. The summed E-state index contributed by atoms with van der Waals surface area (Å²) in [6, 6.07) is 5.26. The Labute approximate surface area is 113 Å². The van der Waals surface area contributed by atoms with Crippen LogP contribution in [0.3, 0.4) is 0 Å². The highest BCUT2D eigenvalue weighted by atomic mass is 19.2. The zero-order chi connectivity index (χ0) is 14.5. The molecule has 0 atom stereocenters. The SMILES string of the molecule is O=C(CCc1ccncc1)Nc1ccc(F)c(F)c1F. The summed E-state index contributed by atoms with van der Waals surface area (Å²) >= 11 is 0. The molecule has 0 aliphatic heterocycles. The Kier molecular flexibility index (Phi) is 4.34. The number of pyridine rings is 1. The van der Waals surface area contributed by atoms with E-state index in [9.17, 15) is 18.0 Å². The zero-order valence-electron chi connectivity index (χ0n) is 10.4. The number of nitrogens with zero attached hydrogens (tertiary/aromatic N) is 1. The Bertz CT molecular complexity index is 617. The fourth-order valence-electron chi connectivity index (χ4n) is 1.64. The lowest BCUT2D eigenvalue weighted by atomic mass is 10.1. The van der Waals surface area contributed by atoms with Gasteiger partial charge in [-0.3, -0.25) is 9.78 Å². The largest absolute Gasteiger partial charge is 0.323 e. The fraction of sp³-hybridized carbons (Fsp3) is 0.143. The van der Waals surface area contributed by atoms with E-state index in [-0.39, 0.29) is 12.1 Å². The summed E-state index contributed by atoms with van der Waals surface area (Å²) in [7, 11) is 0. The summed E-state index contributed by atoms with van der Waals surface area (Å²) in [6.07, 6.45) is 3.74. The van der Waals surface area contributed by atoms with Crippen molar-refractivity contribution in [1.29, 1.82) is 0 Å². The molecule has 1 heterocycles. The monoisotopic (exact) mass is 280 g/mol. The number of hydrogen-bond acceptors (Lipinski definition) is 2. The van der Waals surface area contributed by atoms with Crippen LogP contribution in [0.25, 0.3) is 0 Å². The van der Waals surface area contributed by atoms with Gasteiger partial charge in [-0.25, -0.2) is 13.2 Å². The Balaban J connectivity index is 1.97. The first-order valence-corrected chi connectivity index (χ1v) is 5.90. The van der Waals surface area contributed by atoms with Gasteiger partial charge in [-0.15, -0.1) is 0 Å². The van der Waals surface area contributed by atoms with Crippen LogP contribution in [-0.2, 0) is 11.2 Å². The van der Waals surface area contributed by atoms with Crippen LogP contribution in [0.2, 0.25) is 0 Å². The normalized spacial score (nSPS) is 10.3. The average Bonchev–Trinajstić information content (AvgIpc) is 2.47. The van der Waals surface area contributed by atoms with E-state index in [1.165, 1.54) is 0 Å². The number of rotatable bonds is 4. The molecule has 0 aliphatic carbocycles. The van der Waals surface area contributed by atoms with Gasteiger partial charge in [0.1, 0.15) is 0 Å². The molecule has 0 spiro atoms. The molecule has 0 fully saturated rings. The second-order valence-electron chi connectivity index (χ2n) is 4.13. The van der Waals surface area contributed by atoms with Crippen LogP contribution in [0.1, 0.15) is 12.0 Å². The van der Waals surface area contributed by atoms with Crippen LogP contribution < -0.4 is 5.32 Å². The summed E-state index contributed by atoms with van der Waals surface area (Å²) < 4.78 is 39.1. The smallest absolute Gasteiger partial charge is 0.224 e. The van der Waals surface area contributed by atoms with Crippen molar-refractivity contribution in [3.8, 4) is 0 Å². The maximum absolute atomic E-state index is 13.3. The number of anilines is 1. The number of amides is 1. The maximum atomic E-state index is 13.3. The zero-order valence-corrected chi connectivity index (χ0v) is 10.4. The predicted octanol–water partition coefficient (Wildman–Crippen LogP) is 3.07. The van der Waals surface area contributed by atoms with Crippen LogP contribution in [-0.4, -0.2) is 10.9 Å². The predicted molar refractivity (Wildman–Crippen MR) is 67.5 cm³/mol. The highest BCUT2D eigenvalue weighted by molar-refractivity contribution is 5.90. The molecule has 0 saturated heterocycles. The molecule has 0 aliphatic rings. The van der Waals surface area contributed by atoms with Crippen LogP contribution in [0.15, 0.2) is 36.7 Å². The average molecular weight is 280 g/mol. The lowest BCUT2D eigenvalue weighted by Gasteiger charge is -2.07. The van der Waals surface area contributed by atoms with Gasteiger partial charge in [0.2, 0.25) is 5.91 Å². The lowest BCUT2D eigenvalue weighted by molar-refractivity contribution is -0.116. The molecule has 0 radical (unpaired) electrons.